The van der Waals surface area contributed by atoms with Gasteiger partial charge in [0.15, 0.2) is 0 Å². The summed E-state index contributed by atoms with van der Waals surface area (Å²) < 4.78 is 5.35. The number of carbonyl (C=O) groups excluding carboxylic acids is 2. The van der Waals surface area contributed by atoms with Crippen LogP contribution in [0.15, 0.2) is 30.9 Å². The zero-order valence-electron chi connectivity index (χ0n) is 14.0. The Bertz CT molecular complexity index is 609. The first-order valence-electron chi connectivity index (χ1n) is 8.18. The quantitative estimate of drug-likeness (QED) is 0.619. The molecule has 0 bridgehead atoms. The highest BCUT2D eigenvalue weighted by Crippen LogP contribution is 2.24. The van der Waals surface area contributed by atoms with Crippen LogP contribution in [-0.4, -0.2) is 48.1 Å². The van der Waals surface area contributed by atoms with Crippen LogP contribution in [0, 0.1) is 5.92 Å². The lowest BCUT2D eigenvalue weighted by atomic mass is 9.99. The number of phenolic OH excluding ortho intramolecular Hbond substituents is 1. The Kier molecular flexibility index (Phi) is 6.37. The van der Waals surface area contributed by atoms with Gasteiger partial charge in [-0.15, -0.1) is 0 Å². The Hall–Kier alpha value is -2.34. The number of anilines is 1. The minimum Gasteiger partial charge on any atom is -0.507 e. The van der Waals surface area contributed by atoms with Crippen LogP contribution < -0.4 is 5.32 Å². The summed E-state index contributed by atoms with van der Waals surface area (Å²) in [5, 5.41) is 12.6. The van der Waals surface area contributed by atoms with Crippen molar-refractivity contribution in [3.63, 3.8) is 0 Å². The number of amides is 2. The monoisotopic (exact) mass is 332 g/mol. The van der Waals surface area contributed by atoms with Gasteiger partial charge in [-0.1, -0.05) is 6.58 Å². The van der Waals surface area contributed by atoms with Gasteiger partial charge < -0.3 is 20.1 Å². The first kappa shape index (κ1) is 18.0. The van der Waals surface area contributed by atoms with Crippen LogP contribution in [0.1, 0.15) is 30.1 Å². The predicted octanol–water partition coefficient (Wildman–Crippen LogP) is 2.41. The maximum atomic E-state index is 12.8. The van der Waals surface area contributed by atoms with Gasteiger partial charge in [-0.3, -0.25) is 9.59 Å². The molecular weight excluding hydrogens is 308 g/mol. The molecule has 0 radical (unpaired) electrons. The second-order valence-electron chi connectivity index (χ2n) is 5.82. The van der Waals surface area contributed by atoms with E-state index in [-0.39, 0.29) is 23.1 Å². The molecule has 1 aliphatic heterocycles. The average molecular weight is 332 g/mol. The van der Waals surface area contributed by atoms with Crippen molar-refractivity contribution in [3.05, 3.63) is 36.4 Å². The molecule has 2 N–H and O–H groups in total. The standard InChI is InChI=1S/C18H24N2O4/c1-3-17(22)19-14-5-6-16(21)15(11-14)18(23)20(4-2)12-13-7-9-24-10-8-13/h3,5-6,11,13,21H,1,4,7-10,12H2,2H3,(H,19,22). The molecule has 2 rings (SSSR count). The predicted molar refractivity (Wildman–Crippen MR) is 92.1 cm³/mol. The summed E-state index contributed by atoms with van der Waals surface area (Å²) >= 11 is 0. The first-order chi connectivity index (χ1) is 11.5. The van der Waals surface area contributed by atoms with E-state index in [4.69, 9.17) is 4.74 Å². The summed E-state index contributed by atoms with van der Waals surface area (Å²) in [6.07, 6.45) is 3.02. The van der Waals surface area contributed by atoms with Crippen LogP contribution in [0.4, 0.5) is 5.69 Å². The van der Waals surface area contributed by atoms with E-state index in [2.05, 4.69) is 11.9 Å². The molecule has 1 fully saturated rings. The Balaban J connectivity index is 2.14. The van der Waals surface area contributed by atoms with E-state index in [1.54, 1.807) is 11.0 Å². The van der Waals surface area contributed by atoms with Gasteiger partial charge in [-0.25, -0.2) is 0 Å². The van der Waals surface area contributed by atoms with Gasteiger partial charge in [0.1, 0.15) is 5.75 Å². The molecule has 1 aromatic carbocycles. The van der Waals surface area contributed by atoms with Crippen molar-refractivity contribution in [2.24, 2.45) is 5.92 Å². The number of carbonyl (C=O) groups is 2. The fraction of sp³-hybridized carbons (Fsp3) is 0.444. The van der Waals surface area contributed by atoms with Gasteiger partial charge in [0.05, 0.1) is 5.56 Å². The number of rotatable bonds is 6. The van der Waals surface area contributed by atoms with Crippen LogP contribution in [0.5, 0.6) is 5.75 Å². The van der Waals surface area contributed by atoms with Crippen molar-refractivity contribution < 1.29 is 19.4 Å². The van der Waals surface area contributed by atoms with Crippen LogP contribution in [0.2, 0.25) is 0 Å². The van der Waals surface area contributed by atoms with E-state index in [0.29, 0.717) is 24.7 Å². The maximum Gasteiger partial charge on any atom is 0.257 e. The van der Waals surface area contributed by atoms with Gasteiger partial charge in [0.25, 0.3) is 5.91 Å². The van der Waals surface area contributed by atoms with Gasteiger partial charge in [-0.2, -0.15) is 0 Å². The van der Waals surface area contributed by atoms with Crippen molar-refractivity contribution in [3.8, 4) is 5.75 Å². The number of hydrogen-bond acceptors (Lipinski definition) is 4. The van der Waals surface area contributed by atoms with Crippen LogP contribution in [-0.2, 0) is 9.53 Å². The molecule has 1 heterocycles. The summed E-state index contributed by atoms with van der Waals surface area (Å²) in [6, 6.07) is 4.45. The lowest BCUT2D eigenvalue weighted by Crippen LogP contribution is -2.37. The van der Waals surface area contributed by atoms with Crippen LogP contribution in [0.3, 0.4) is 0 Å². The first-order valence-corrected chi connectivity index (χ1v) is 8.18. The Morgan fingerprint density at radius 3 is 2.75 bits per heavy atom. The average Bonchev–Trinajstić information content (AvgIpc) is 2.61. The molecule has 2 amide bonds. The summed E-state index contributed by atoms with van der Waals surface area (Å²) in [6.45, 7) is 7.95. The molecule has 0 atom stereocenters. The zero-order valence-corrected chi connectivity index (χ0v) is 14.0. The third-order valence-electron chi connectivity index (χ3n) is 4.17. The van der Waals surface area contributed by atoms with Crippen molar-refractivity contribution in [2.45, 2.75) is 19.8 Å². The van der Waals surface area contributed by atoms with Crippen LogP contribution in [0.25, 0.3) is 0 Å². The van der Waals surface area contributed by atoms with E-state index in [0.717, 1.165) is 32.1 Å². The highest BCUT2D eigenvalue weighted by molar-refractivity contribution is 6.01. The van der Waals surface area contributed by atoms with Crippen LogP contribution >= 0.6 is 0 Å². The fourth-order valence-corrected chi connectivity index (χ4v) is 2.74. The Labute approximate surface area is 142 Å². The van der Waals surface area contributed by atoms with Gasteiger partial charge in [0.2, 0.25) is 5.91 Å². The minimum atomic E-state index is -0.367. The highest BCUT2D eigenvalue weighted by atomic mass is 16.5. The summed E-state index contributed by atoms with van der Waals surface area (Å²) in [4.78, 5) is 25.9. The van der Waals surface area contributed by atoms with Gasteiger partial charge >= 0.3 is 0 Å². The molecule has 0 unspecified atom stereocenters. The molecule has 1 aromatic rings. The molecule has 0 saturated carbocycles. The molecule has 24 heavy (non-hydrogen) atoms. The lowest BCUT2D eigenvalue weighted by Gasteiger charge is -2.29. The minimum absolute atomic E-state index is 0.0953. The Morgan fingerprint density at radius 2 is 2.12 bits per heavy atom. The normalized spacial score (nSPS) is 14.9. The lowest BCUT2D eigenvalue weighted by molar-refractivity contribution is -0.111. The summed E-state index contributed by atoms with van der Waals surface area (Å²) in [5.74, 6) is -0.291. The van der Waals surface area contributed by atoms with Crippen molar-refractivity contribution >= 4 is 17.5 Å². The topological polar surface area (TPSA) is 78.9 Å². The number of ether oxygens (including phenoxy) is 1. The van der Waals surface area contributed by atoms with Gasteiger partial charge in [0, 0.05) is 32.0 Å². The van der Waals surface area contributed by atoms with E-state index in [9.17, 15) is 14.7 Å². The second kappa shape index (κ2) is 8.49. The largest absolute Gasteiger partial charge is 0.507 e. The van der Waals surface area contributed by atoms with E-state index < -0.39 is 0 Å². The molecule has 0 aliphatic carbocycles. The Morgan fingerprint density at radius 1 is 1.42 bits per heavy atom. The zero-order chi connectivity index (χ0) is 17.5. The van der Waals surface area contributed by atoms with E-state index in [1.165, 1.54) is 12.1 Å². The third kappa shape index (κ3) is 4.58. The van der Waals surface area contributed by atoms with Crippen molar-refractivity contribution in [1.82, 2.24) is 4.90 Å². The molecular formula is C18H24N2O4. The van der Waals surface area contributed by atoms with Crippen molar-refractivity contribution in [1.29, 1.82) is 0 Å². The SMILES string of the molecule is C=CC(=O)Nc1ccc(O)c(C(=O)N(CC)CC2CCOCC2)c1. The van der Waals surface area contributed by atoms with Gasteiger partial charge in [-0.05, 0) is 50.0 Å². The molecule has 6 nitrogen and oxygen atoms in total. The van der Waals surface area contributed by atoms with Crippen molar-refractivity contribution in [2.75, 3.05) is 31.6 Å². The number of nitrogens with zero attached hydrogens (tertiary/aromatic N) is 1. The molecule has 130 valence electrons. The number of phenols is 1. The molecule has 1 aliphatic rings. The maximum absolute atomic E-state index is 12.8. The fourth-order valence-electron chi connectivity index (χ4n) is 2.74. The van der Waals surface area contributed by atoms with E-state index in [1.807, 2.05) is 6.92 Å². The third-order valence-corrected chi connectivity index (χ3v) is 4.17. The number of aromatic hydroxyl groups is 1. The molecule has 0 spiro atoms. The molecule has 6 heteroatoms. The smallest absolute Gasteiger partial charge is 0.257 e. The number of hydrogen-bond donors (Lipinski definition) is 2. The molecule has 1 saturated heterocycles. The second-order valence-corrected chi connectivity index (χ2v) is 5.82. The molecule has 0 aromatic heterocycles. The number of benzene rings is 1. The number of nitrogens with one attached hydrogen (secondary N) is 1. The summed E-state index contributed by atoms with van der Waals surface area (Å²) in [7, 11) is 0. The van der Waals surface area contributed by atoms with E-state index >= 15 is 0 Å². The highest BCUT2D eigenvalue weighted by Gasteiger charge is 2.23. The summed E-state index contributed by atoms with van der Waals surface area (Å²) in [5.41, 5.74) is 0.633.